The molecule has 0 aromatic heterocycles. The third kappa shape index (κ3) is 5.69. The number of hydrogen-bond donors (Lipinski definition) is 8. The Morgan fingerprint density at radius 2 is 1.63 bits per heavy atom. The van der Waals surface area contributed by atoms with E-state index in [1.54, 1.807) is 12.1 Å². The molecule has 0 spiro atoms. The van der Waals surface area contributed by atoms with Crippen LogP contribution in [0.5, 0.6) is 5.75 Å². The van der Waals surface area contributed by atoms with E-state index in [0.717, 1.165) is 10.8 Å². The lowest BCUT2D eigenvalue weighted by Crippen LogP contribution is -2.64. The summed E-state index contributed by atoms with van der Waals surface area (Å²) < 4.78 is 27.0. The van der Waals surface area contributed by atoms with Crippen LogP contribution < -0.4 is 10.1 Å². The molecule has 4 rings (SSSR count). The van der Waals surface area contributed by atoms with E-state index in [2.05, 4.69) is 5.32 Å². The quantitative estimate of drug-likeness (QED) is 0.155. The summed E-state index contributed by atoms with van der Waals surface area (Å²) in [5.41, 5.74) is 0. The van der Waals surface area contributed by atoms with Gasteiger partial charge in [0, 0.05) is 0 Å². The number of fused-ring (bicyclic) bond motifs is 1. The minimum absolute atomic E-state index is 0.332. The van der Waals surface area contributed by atoms with Gasteiger partial charge in [-0.1, -0.05) is 30.3 Å². The number of hydrogen-bond acceptors (Lipinski definition) is 13. The zero-order valence-electron chi connectivity index (χ0n) is 20.1. The highest BCUT2D eigenvalue weighted by atomic mass is 16.8. The third-order valence-electron chi connectivity index (χ3n) is 6.47. The van der Waals surface area contributed by atoms with Gasteiger partial charge in [-0.2, -0.15) is 0 Å². The predicted octanol–water partition coefficient (Wildman–Crippen LogP) is -2.47. The molecule has 0 aliphatic carbocycles. The fourth-order valence-corrected chi connectivity index (χ4v) is 4.34. The fourth-order valence-electron chi connectivity index (χ4n) is 4.34. The van der Waals surface area contributed by atoms with Gasteiger partial charge < -0.3 is 59.4 Å². The Hall–Kier alpha value is -2.63. The molecule has 8 N–H and O–H groups in total. The number of amides is 1. The first kappa shape index (κ1) is 28.4. The van der Waals surface area contributed by atoms with Crippen LogP contribution in [0, 0.1) is 0 Å². The first-order valence-electron chi connectivity index (χ1n) is 11.8. The molecule has 38 heavy (non-hydrogen) atoms. The van der Waals surface area contributed by atoms with Gasteiger partial charge in [0.15, 0.2) is 12.8 Å². The highest BCUT2D eigenvalue weighted by Gasteiger charge is 2.59. The Balaban J connectivity index is 1.43. The maximum atomic E-state index is 12.5. The highest BCUT2D eigenvalue weighted by molar-refractivity contribution is 5.83. The third-order valence-corrected chi connectivity index (χ3v) is 6.47. The predicted molar refractivity (Wildman–Crippen MR) is 125 cm³/mol. The highest BCUT2D eigenvalue weighted by Crippen LogP contribution is 2.36. The van der Waals surface area contributed by atoms with Crippen LogP contribution in [-0.4, -0.2) is 123 Å². The lowest BCUT2D eigenvalue weighted by molar-refractivity contribution is -0.382. The first-order chi connectivity index (χ1) is 18.2. The summed E-state index contributed by atoms with van der Waals surface area (Å²) in [5, 5.41) is 74.4. The van der Waals surface area contributed by atoms with Crippen LogP contribution in [0.15, 0.2) is 42.5 Å². The molecule has 2 heterocycles. The van der Waals surface area contributed by atoms with Crippen molar-refractivity contribution in [2.45, 2.75) is 54.8 Å². The first-order valence-corrected chi connectivity index (χ1v) is 11.8. The molecule has 1 amide bonds. The summed E-state index contributed by atoms with van der Waals surface area (Å²) in [6.07, 6.45) is -14.5. The Bertz CT molecular complexity index is 1090. The van der Waals surface area contributed by atoms with Crippen molar-refractivity contribution in [3.8, 4) is 5.75 Å². The number of benzene rings is 2. The summed E-state index contributed by atoms with van der Waals surface area (Å²) in [7, 11) is 0. The Morgan fingerprint density at radius 3 is 2.29 bits per heavy atom. The van der Waals surface area contributed by atoms with Crippen LogP contribution in [0.1, 0.15) is 0 Å². The van der Waals surface area contributed by atoms with E-state index >= 15 is 0 Å². The van der Waals surface area contributed by atoms with Crippen molar-refractivity contribution in [2.75, 3.05) is 26.6 Å². The van der Waals surface area contributed by atoms with E-state index < -0.39 is 80.7 Å². The molecule has 2 aliphatic rings. The van der Waals surface area contributed by atoms with Gasteiger partial charge in [0.25, 0.3) is 0 Å². The van der Waals surface area contributed by atoms with Crippen molar-refractivity contribution >= 4 is 16.9 Å². The second kappa shape index (κ2) is 12.0. The lowest BCUT2D eigenvalue weighted by atomic mass is 9.98. The number of carbonyl (C=O) groups is 1. The maximum absolute atomic E-state index is 12.5. The molecule has 0 unspecified atom stereocenters. The summed E-state index contributed by atoms with van der Waals surface area (Å²) in [6, 6.07) is 12.9. The molecule has 2 aromatic rings. The number of nitrogens with one attached hydrogen (secondary N) is 1. The van der Waals surface area contributed by atoms with Crippen LogP contribution in [0.3, 0.4) is 0 Å². The standard InChI is InChI=1S/C24H31NO13/c26-8-15-17(29)19(31)20(22(35-15)38-24(10-28)21(32)18(30)16(9-27)37-24)36-23(33)25-11-34-14-6-5-12-3-1-2-4-13(12)7-14/h1-7,15-22,26-32H,8-11H2,(H,25,33)/t15-,16-,17-,18-,19+,20-,21+,22-,24+/m1/s1. The molecule has 0 bridgehead atoms. The van der Waals surface area contributed by atoms with Crippen LogP contribution in [-0.2, 0) is 18.9 Å². The van der Waals surface area contributed by atoms with E-state index in [-0.39, 0.29) is 6.73 Å². The minimum Gasteiger partial charge on any atom is -0.473 e. The zero-order chi connectivity index (χ0) is 27.4. The lowest BCUT2D eigenvalue weighted by Gasteiger charge is -2.44. The second-order valence-electron chi connectivity index (χ2n) is 8.91. The number of aliphatic hydroxyl groups excluding tert-OH is 7. The van der Waals surface area contributed by atoms with E-state index in [4.69, 9.17) is 23.7 Å². The van der Waals surface area contributed by atoms with Crippen molar-refractivity contribution in [2.24, 2.45) is 0 Å². The molecule has 0 radical (unpaired) electrons. The van der Waals surface area contributed by atoms with E-state index in [9.17, 15) is 40.5 Å². The van der Waals surface area contributed by atoms with Crippen LogP contribution >= 0.6 is 0 Å². The molecule has 210 valence electrons. The van der Waals surface area contributed by atoms with Gasteiger partial charge in [-0.05, 0) is 22.9 Å². The van der Waals surface area contributed by atoms with Gasteiger partial charge in [-0.15, -0.1) is 0 Å². The number of aliphatic hydroxyl groups is 7. The molecule has 2 aromatic carbocycles. The Kier molecular flexibility index (Phi) is 9.00. The summed E-state index contributed by atoms with van der Waals surface area (Å²) in [5.74, 6) is -1.89. The minimum atomic E-state index is -2.35. The molecule has 2 saturated heterocycles. The fraction of sp³-hybridized carbons (Fsp3) is 0.542. The number of ether oxygens (including phenoxy) is 5. The van der Waals surface area contributed by atoms with Crippen molar-refractivity contribution in [3.05, 3.63) is 42.5 Å². The number of carbonyl (C=O) groups excluding carboxylic acids is 1. The maximum Gasteiger partial charge on any atom is 0.410 e. The molecular formula is C24H31NO13. The Labute approximate surface area is 216 Å². The van der Waals surface area contributed by atoms with Gasteiger partial charge in [-0.25, -0.2) is 4.79 Å². The number of rotatable bonds is 9. The van der Waals surface area contributed by atoms with Crippen molar-refractivity contribution in [1.29, 1.82) is 0 Å². The summed E-state index contributed by atoms with van der Waals surface area (Å²) in [4.78, 5) is 12.5. The molecule has 14 heteroatoms. The SMILES string of the molecule is O=C(NCOc1ccc2ccccc2c1)O[C@H]1[C@@H](O[C@]2(CO)O[C@H](CO)[C@@H](O)[C@@H]2O)O[C@H](CO)[C@@H](O)[C@@H]1O. The molecule has 0 saturated carbocycles. The second-order valence-corrected chi connectivity index (χ2v) is 8.91. The largest absolute Gasteiger partial charge is 0.473 e. The van der Waals surface area contributed by atoms with Gasteiger partial charge in [-0.3, -0.25) is 5.32 Å². The molecule has 9 atom stereocenters. The van der Waals surface area contributed by atoms with E-state index in [0.29, 0.717) is 5.75 Å². The molecule has 14 nitrogen and oxygen atoms in total. The monoisotopic (exact) mass is 541 g/mol. The van der Waals surface area contributed by atoms with Gasteiger partial charge in [0.1, 0.15) is 49.0 Å². The molecular weight excluding hydrogens is 510 g/mol. The van der Waals surface area contributed by atoms with Gasteiger partial charge >= 0.3 is 6.09 Å². The average molecular weight is 542 g/mol. The summed E-state index contributed by atoms with van der Waals surface area (Å²) >= 11 is 0. The average Bonchev–Trinajstić information content (AvgIpc) is 3.17. The van der Waals surface area contributed by atoms with Crippen molar-refractivity contribution in [1.82, 2.24) is 5.32 Å². The normalized spacial score (nSPS) is 35.2. The van der Waals surface area contributed by atoms with Crippen LogP contribution in [0.2, 0.25) is 0 Å². The number of alkyl carbamates (subject to hydrolysis) is 1. The molecule has 2 aliphatic heterocycles. The van der Waals surface area contributed by atoms with Gasteiger partial charge in [0.2, 0.25) is 12.1 Å². The summed E-state index contributed by atoms with van der Waals surface area (Å²) in [6.45, 7) is -2.87. The van der Waals surface area contributed by atoms with Crippen LogP contribution in [0.25, 0.3) is 10.8 Å². The topological polar surface area (TPSA) is 217 Å². The Morgan fingerprint density at radius 1 is 0.921 bits per heavy atom. The smallest absolute Gasteiger partial charge is 0.410 e. The van der Waals surface area contributed by atoms with Crippen molar-refractivity contribution < 1.29 is 64.2 Å². The van der Waals surface area contributed by atoms with Crippen molar-refractivity contribution in [3.63, 3.8) is 0 Å². The van der Waals surface area contributed by atoms with E-state index in [1.165, 1.54) is 0 Å². The van der Waals surface area contributed by atoms with Gasteiger partial charge in [0.05, 0.1) is 13.2 Å². The van der Waals surface area contributed by atoms with Crippen LogP contribution in [0.4, 0.5) is 4.79 Å². The van der Waals surface area contributed by atoms with E-state index in [1.807, 2.05) is 30.3 Å². The zero-order valence-corrected chi connectivity index (χ0v) is 20.1. The molecule has 2 fully saturated rings.